The topological polar surface area (TPSA) is 75.7 Å². The molecule has 1 atom stereocenters. The molecular weight excluding hydrogens is 516 g/mol. The van der Waals surface area contributed by atoms with Crippen LogP contribution in [0.25, 0.3) is 0 Å². The molecule has 0 saturated carbocycles. The second-order valence-corrected chi connectivity index (χ2v) is 12.0. The SMILES string of the molecule is Cc1cc(CSc2ccccc2)ccc1NC(=O)[C@@H]1CN(S(=O)(=O)Cc2ccccc2)c2ccccc2O1. The number of carbonyl (C=O) groups excluding carboxylic acids is 1. The lowest BCUT2D eigenvalue weighted by atomic mass is 10.1. The molecule has 1 heterocycles. The normalized spacial score (nSPS) is 14.9. The van der Waals surface area contributed by atoms with E-state index in [2.05, 4.69) is 23.5 Å². The van der Waals surface area contributed by atoms with Gasteiger partial charge < -0.3 is 10.1 Å². The minimum atomic E-state index is -3.76. The summed E-state index contributed by atoms with van der Waals surface area (Å²) in [4.78, 5) is 14.5. The smallest absolute Gasteiger partial charge is 0.267 e. The van der Waals surface area contributed by atoms with Gasteiger partial charge in [-0.3, -0.25) is 9.10 Å². The Bertz CT molecular complexity index is 1530. The van der Waals surface area contributed by atoms with Gasteiger partial charge in [-0.05, 0) is 53.9 Å². The Balaban J connectivity index is 1.30. The molecule has 8 heteroatoms. The van der Waals surface area contributed by atoms with Gasteiger partial charge in [0, 0.05) is 16.3 Å². The third-order valence-electron chi connectivity index (χ3n) is 6.25. The van der Waals surface area contributed by atoms with Crippen LogP contribution in [-0.2, 0) is 26.3 Å². The van der Waals surface area contributed by atoms with Gasteiger partial charge in [-0.25, -0.2) is 8.42 Å². The molecule has 194 valence electrons. The Morgan fingerprint density at radius 3 is 2.34 bits per heavy atom. The third kappa shape index (κ3) is 6.03. The van der Waals surface area contributed by atoms with E-state index in [0.717, 1.165) is 16.9 Å². The third-order valence-corrected chi connectivity index (χ3v) is 9.05. The van der Waals surface area contributed by atoms with Gasteiger partial charge in [-0.2, -0.15) is 0 Å². The van der Waals surface area contributed by atoms with E-state index in [1.807, 2.05) is 55.5 Å². The van der Waals surface area contributed by atoms with Crippen LogP contribution in [0.2, 0.25) is 0 Å². The number of nitrogens with one attached hydrogen (secondary N) is 1. The van der Waals surface area contributed by atoms with Crippen LogP contribution in [0.4, 0.5) is 11.4 Å². The predicted octanol–water partition coefficient (Wildman–Crippen LogP) is 6.02. The molecule has 0 saturated heterocycles. The molecule has 0 bridgehead atoms. The summed E-state index contributed by atoms with van der Waals surface area (Å²) in [6, 6.07) is 32.0. The monoisotopic (exact) mass is 544 g/mol. The predicted molar refractivity (Wildman–Crippen MR) is 153 cm³/mol. The van der Waals surface area contributed by atoms with E-state index in [4.69, 9.17) is 4.74 Å². The van der Waals surface area contributed by atoms with Crippen molar-refractivity contribution in [2.75, 3.05) is 16.2 Å². The molecule has 0 spiro atoms. The molecule has 6 nitrogen and oxygen atoms in total. The first-order valence-electron chi connectivity index (χ1n) is 12.3. The van der Waals surface area contributed by atoms with E-state index in [9.17, 15) is 13.2 Å². The standard InChI is InChI=1S/C30H28N2O4S2/c1-22-18-24(20-37-25-12-6-3-7-13-25)16-17-26(22)31-30(33)29-19-32(27-14-8-9-15-28(27)36-29)38(34,35)21-23-10-4-2-5-11-23/h2-18,29H,19-21H2,1H3,(H,31,33)/t29-/m0/s1. The van der Waals surface area contributed by atoms with E-state index in [1.54, 1.807) is 48.2 Å². The van der Waals surface area contributed by atoms with Crippen LogP contribution < -0.4 is 14.4 Å². The molecule has 38 heavy (non-hydrogen) atoms. The molecule has 5 rings (SSSR count). The molecule has 0 fully saturated rings. The maximum atomic E-state index is 13.4. The molecule has 0 aromatic heterocycles. The average molecular weight is 545 g/mol. The molecule has 4 aromatic carbocycles. The molecule has 1 amide bonds. The van der Waals surface area contributed by atoms with Gasteiger partial charge in [0.05, 0.1) is 18.0 Å². The number of benzene rings is 4. The lowest BCUT2D eigenvalue weighted by Crippen LogP contribution is -2.49. The first kappa shape index (κ1) is 25.9. The summed E-state index contributed by atoms with van der Waals surface area (Å²) in [5.41, 5.74) is 3.86. The number of thioether (sulfide) groups is 1. The maximum absolute atomic E-state index is 13.4. The highest BCUT2D eigenvalue weighted by atomic mass is 32.2. The van der Waals surface area contributed by atoms with E-state index in [-0.39, 0.29) is 12.3 Å². The Kier molecular flexibility index (Phi) is 7.72. The van der Waals surface area contributed by atoms with Crippen LogP contribution in [0.15, 0.2) is 108 Å². The number of para-hydroxylation sites is 2. The molecule has 4 aromatic rings. The van der Waals surface area contributed by atoms with Gasteiger partial charge in [0.25, 0.3) is 5.91 Å². The van der Waals surface area contributed by atoms with Crippen molar-refractivity contribution in [3.05, 3.63) is 120 Å². The van der Waals surface area contributed by atoms with Crippen molar-refractivity contribution in [2.24, 2.45) is 0 Å². The van der Waals surface area contributed by atoms with Crippen LogP contribution in [0, 0.1) is 6.92 Å². The number of amides is 1. The molecule has 1 N–H and O–H groups in total. The summed E-state index contributed by atoms with van der Waals surface area (Å²) in [5.74, 6) is 0.614. The minimum absolute atomic E-state index is 0.108. The number of rotatable bonds is 8. The Hall–Kier alpha value is -3.75. The molecule has 1 aliphatic heterocycles. The van der Waals surface area contributed by atoms with Gasteiger partial charge >= 0.3 is 0 Å². The fourth-order valence-corrected chi connectivity index (χ4v) is 6.76. The van der Waals surface area contributed by atoms with E-state index >= 15 is 0 Å². The van der Waals surface area contributed by atoms with Gasteiger partial charge in [0.1, 0.15) is 5.75 Å². The van der Waals surface area contributed by atoms with Crippen LogP contribution in [0.3, 0.4) is 0 Å². The molecule has 0 unspecified atom stereocenters. The van der Waals surface area contributed by atoms with E-state index in [0.29, 0.717) is 22.7 Å². The summed E-state index contributed by atoms with van der Waals surface area (Å²) in [6.45, 7) is 1.84. The average Bonchev–Trinajstić information content (AvgIpc) is 2.93. The fourth-order valence-electron chi connectivity index (χ4n) is 4.32. The van der Waals surface area contributed by atoms with Crippen molar-refractivity contribution in [1.82, 2.24) is 0 Å². The lowest BCUT2D eigenvalue weighted by molar-refractivity contribution is -0.122. The van der Waals surface area contributed by atoms with Gasteiger partial charge in [0.15, 0.2) is 6.10 Å². The number of carbonyl (C=O) groups is 1. The van der Waals surface area contributed by atoms with Gasteiger partial charge in [-0.1, -0.05) is 72.8 Å². The largest absolute Gasteiger partial charge is 0.476 e. The second kappa shape index (κ2) is 11.3. The zero-order valence-corrected chi connectivity index (χ0v) is 22.5. The molecule has 0 radical (unpaired) electrons. The number of hydrogen-bond donors (Lipinski definition) is 1. The zero-order valence-electron chi connectivity index (χ0n) is 20.9. The number of nitrogens with zero attached hydrogens (tertiary/aromatic N) is 1. The van der Waals surface area contributed by atoms with Crippen molar-refractivity contribution in [3.63, 3.8) is 0 Å². The number of hydrogen-bond acceptors (Lipinski definition) is 5. The quantitative estimate of drug-likeness (QED) is 0.275. The second-order valence-electron chi connectivity index (χ2n) is 9.09. The summed E-state index contributed by atoms with van der Waals surface area (Å²) < 4.78 is 34.1. The van der Waals surface area contributed by atoms with Crippen molar-refractivity contribution in [1.29, 1.82) is 0 Å². The number of ether oxygens (including phenoxy) is 1. The highest BCUT2D eigenvalue weighted by Gasteiger charge is 2.36. The number of anilines is 2. The van der Waals surface area contributed by atoms with Crippen molar-refractivity contribution in [2.45, 2.75) is 29.4 Å². The van der Waals surface area contributed by atoms with Crippen LogP contribution in [-0.4, -0.2) is 27.0 Å². The lowest BCUT2D eigenvalue weighted by Gasteiger charge is -2.34. The summed E-state index contributed by atoms with van der Waals surface area (Å²) in [6.07, 6.45) is -0.997. The number of fused-ring (bicyclic) bond motifs is 1. The fraction of sp³-hybridized carbons (Fsp3) is 0.167. The van der Waals surface area contributed by atoms with Crippen molar-refractivity contribution < 1.29 is 17.9 Å². The number of sulfonamides is 1. The highest BCUT2D eigenvalue weighted by Crippen LogP contribution is 2.36. The Labute approximate surface area is 227 Å². The van der Waals surface area contributed by atoms with Crippen LogP contribution >= 0.6 is 11.8 Å². The van der Waals surface area contributed by atoms with Crippen molar-refractivity contribution in [3.8, 4) is 5.75 Å². The van der Waals surface area contributed by atoms with Crippen molar-refractivity contribution >= 4 is 39.1 Å². The van der Waals surface area contributed by atoms with E-state index < -0.39 is 22.0 Å². The van der Waals surface area contributed by atoms with E-state index in [1.165, 1.54) is 9.20 Å². The minimum Gasteiger partial charge on any atom is -0.476 e. The number of aryl methyl sites for hydroxylation is 1. The van der Waals surface area contributed by atoms with Crippen LogP contribution in [0.5, 0.6) is 5.75 Å². The van der Waals surface area contributed by atoms with Crippen LogP contribution in [0.1, 0.15) is 16.7 Å². The summed E-state index contributed by atoms with van der Waals surface area (Å²) in [7, 11) is -3.76. The first-order chi connectivity index (χ1) is 18.4. The molecule has 1 aliphatic rings. The highest BCUT2D eigenvalue weighted by molar-refractivity contribution is 7.98. The summed E-state index contributed by atoms with van der Waals surface area (Å²) >= 11 is 1.75. The molecule has 0 aliphatic carbocycles. The first-order valence-corrected chi connectivity index (χ1v) is 14.9. The van der Waals surface area contributed by atoms with Gasteiger partial charge in [0.2, 0.25) is 10.0 Å². The van der Waals surface area contributed by atoms with Gasteiger partial charge in [-0.15, -0.1) is 11.8 Å². The zero-order chi connectivity index (χ0) is 26.5. The molecular formula is C30H28N2O4S2. The Morgan fingerprint density at radius 1 is 0.921 bits per heavy atom. The maximum Gasteiger partial charge on any atom is 0.267 e. The Morgan fingerprint density at radius 2 is 1.61 bits per heavy atom. The summed E-state index contributed by atoms with van der Waals surface area (Å²) in [5, 5.41) is 2.94.